The molecule has 0 aliphatic heterocycles. The fourth-order valence-electron chi connectivity index (χ4n) is 1.54. The Morgan fingerprint density at radius 1 is 1.24 bits per heavy atom. The quantitative estimate of drug-likeness (QED) is 0.840. The Kier molecular flexibility index (Phi) is 3.50. The number of phenols is 1. The Morgan fingerprint density at radius 3 is 2.65 bits per heavy atom. The number of hydrogen-bond donors (Lipinski definition) is 1. The summed E-state index contributed by atoms with van der Waals surface area (Å²) in [6.45, 7) is 0. The van der Waals surface area contributed by atoms with E-state index in [-0.39, 0.29) is 11.3 Å². The monoisotopic (exact) mass is 310 g/mol. The standard InChI is InChI=1S/C13H8BrClO2/c14-11-3-1-2-10(13(11)15)8-4-5-9(7-16)12(17)6-8/h1-7,17H. The van der Waals surface area contributed by atoms with E-state index in [2.05, 4.69) is 15.9 Å². The van der Waals surface area contributed by atoms with Crippen molar-refractivity contribution < 1.29 is 9.90 Å². The number of carbonyl (C=O) groups excluding carboxylic acids is 1. The number of aromatic hydroxyl groups is 1. The first-order chi connectivity index (χ1) is 8.13. The molecule has 2 nitrogen and oxygen atoms in total. The number of hydrogen-bond acceptors (Lipinski definition) is 2. The molecular weight excluding hydrogens is 303 g/mol. The van der Waals surface area contributed by atoms with Gasteiger partial charge in [0.2, 0.25) is 0 Å². The van der Waals surface area contributed by atoms with Crippen LogP contribution in [0, 0.1) is 0 Å². The maximum absolute atomic E-state index is 10.6. The third-order valence-corrected chi connectivity index (χ3v) is 3.72. The van der Waals surface area contributed by atoms with Crippen molar-refractivity contribution in [2.24, 2.45) is 0 Å². The van der Waals surface area contributed by atoms with E-state index >= 15 is 0 Å². The van der Waals surface area contributed by atoms with Gasteiger partial charge in [-0.25, -0.2) is 0 Å². The van der Waals surface area contributed by atoms with Crippen LogP contribution in [0.5, 0.6) is 5.75 Å². The highest BCUT2D eigenvalue weighted by atomic mass is 79.9. The average molecular weight is 312 g/mol. The van der Waals surface area contributed by atoms with Crippen molar-refractivity contribution in [2.75, 3.05) is 0 Å². The third-order valence-electron chi connectivity index (χ3n) is 2.42. The first kappa shape index (κ1) is 12.1. The molecule has 86 valence electrons. The molecule has 2 aromatic rings. The second-order valence-corrected chi connectivity index (χ2v) is 4.73. The number of aldehydes is 1. The lowest BCUT2D eigenvalue weighted by Crippen LogP contribution is -1.85. The Balaban J connectivity index is 2.57. The lowest BCUT2D eigenvalue weighted by Gasteiger charge is -2.07. The molecule has 0 fully saturated rings. The number of rotatable bonds is 2. The average Bonchev–Trinajstić information content (AvgIpc) is 2.32. The molecule has 0 heterocycles. The predicted molar refractivity (Wildman–Crippen MR) is 71.6 cm³/mol. The van der Waals surface area contributed by atoms with Crippen LogP contribution in [0.1, 0.15) is 10.4 Å². The van der Waals surface area contributed by atoms with Gasteiger partial charge in [-0.05, 0) is 39.7 Å². The minimum Gasteiger partial charge on any atom is -0.507 e. The van der Waals surface area contributed by atoms with Gasteiger partial charge in [-0.15, -0.1) is 0 Å². The normalized spacial score (nSPS) is 10.2. The van der Waals surface area contributed by atoms with Gasteiger partial charge >= 0.3 is 0 Å². The highest BCUT2D eigenvalue weighted by Crippen LogP contribution is 2.35. The Morgan fingerprint density at radius 2 is 2.00 bits per heavy atom. The Hall–Kier alpha value is -1.32. The lowest BCUT2D eigenvalue weighted by atomic mass is 10.0. The van der Waals surface area contributed by atoms with Crippen molar-refractivity contribution in [1.82, 2.24) is 0 Å². The molecule has 0 saturated carbocycles. The summed E-state index contributed by atoms with van der Waals surface area (Å²) in [4.78, 5) is 10.6. The van der Waals surface area contributed by atoms with E-state index in [9.17, 15) is 9.90 Å². The molecule has 0 atom stereocenters. The maximum atomic E-state index is 10.6. The van der Waals surface area contributed by atoms with Crippen LogP contribution in [0.3, 0.4) is 0 Å². The predicted octanol–water partition coefficient (Wildman–Crippen LogP) is 4.29. The molecule has 0 amide bonds. The third kappa shape index (κ3) is 2.35. The largest absolute Gasteiger partial charge is 0.507 e. The molecule has 2 rings (SSSR count). The second kappa shape index (κ2) is 4.90. The Bertz CT molecular complexity index is 582. The summed E-state index contributed by atoms with van der Waals surface area (Å²) in [6, 6.07) is 10.4. The van der Waals surface area contributed by atoms with Crippen LogP contribution in [0.15, 0.2) is 40.9 Å². The number of benzene rings is 2. The molecule has 0 radical (unpaired) electrons. The highest BCUT2D eigenvalue weighted by molar-refractivity contribution is 9.10. The van der Waals surface area contributed by atoms with Crippen molar-refractivity contribution in [1.29, 1.82) is 0 Å². The molecule has 0 unspecified atom stereocenters. The summed E-state index contributed by atoms with van der Waals surface area (Å²) in [5.74, 6) is -0.0476. The van der Waals surface area contributed by atoms with E-state index in [1.54, 1.807) is 12.1 Å². The van der Waals surface area contributed by atoms with Gasteiger partial charge in [0, 0.05) is 10.0 Å². The molecule has 2 aromatic carbocycles. The van der Waals surface area contributed by atoms with Gasteiger partial charge in [0.1, 0.15) is 5.75 Å². The van der Waals surface area contributed by atoms with E-state index < -0.39 is 0 Å². The maximum Gasteiger partial charge on any atom is 0.153 e. The van der Waals surface area contributed by atoms with Crippen LogP contribution >= 0.6 is 27.5 Å². The summed E-state index contributed by atoms with van der Waals surface area (Å²) in [6.07, 6.45) is 0.613. The van der Waals surface area contributed by atoms with E-state index in [1.165, 1.54) is 6.07 Å². The van der Waals surface area contributed by atoms with E-state index in [4.69, 9.17) is 11.6 Å². The first-order valence-corrected chi connectivity index (χ1v) is 6.03. The fraction of sp³-hybridized carbons (Fsp3) is 0. The van der Waals surface area contributed by atoms with Crippen molar-refractivity contribution in [2.45, 2.75) is 0 Å². The van der Waals surface area contributed by atoms with Crippen molar-refractivity contribution >= 4 is 33.8 Å². The van der Waals surface area contributed by atoms with Crippen LogP contribution in [0.4, 0.5) is 0 Å². The zero-order valence-electron chi connectivity index (χ0n) is 8.65. The molecule has 1 N–H and O–H groups in total. The van der Waals surface area contributed by atoms with Gasteiger partial charge < -0.3 is 5.11 Å². The molecule has 4 heteroatoms. The summed E-state index contributed by atoms with van der Waals surface area (Å²) in [5, 5.41) is 10.2. The van der Waals surface area contributed by atoms with E-state index in [1.807, 2.05) is 18.2 Å². The van der Waals surface area contributed by atoms with Crippen LogP contribution < -0.4 is 0 Å². The zero-order chi connectivity index (χ0) is 12.4. The lowest BCUT2D eigenvalue weighted by molar-refractivity contribution is 0.112. The molecule has 0 aliphatic carbocycles. The molecule has 0 aromatic heterocycles. The van der Waals surface area contributed by atoms with E-state index in [0.29, 0.717) is 11.3 Å². The SMILES string of the molecule is O=Cc1ccc(-c2cccc(Br)c2Cl)cc1O. The number of carbonyl (C=O) groups is 1. The molecule has 0 aliphatic rings. The van der Waals surface area contributed by atoms with Crippen LogP contribution in [0.2, 0.25) is 5.02 Å². The molecular formula is C13H8BrClO2. The smallest absolute Gasteiger partial charge is 0.153 e. The minimum absolute atomic E-state index is 0.0476. The van der Waals surface area contributed by atoms with Gasteiger partial charge in [-0.1, -0.05) is 29.8 Å². The Labute approximate surface area is 112 Å². The summed E-state index contributed by atoms with van der Waals surface area (Å²) in [7, 11) is 0. The molecule has 0 bridgehead atoms. The highest BCUT2D eigenvalue weighted by Gasteiger charge is 2.08. The van der Waals surface area contributed by atoms with E-state index in [0.717, 1.165) is 15.6 Å². The van der Waals surface area contributed by atoms with Crippen LogP contribution in [-0.4, -0.2) is 11.4 Å². The number of halogens is 2. The van der Waals surface area contributed by atoms with Gasteiger partial charge in [-0.2, -0.15) is 0 Å². The van der Waals surface area contributed by atoms with Gasteiger partial charge in [0.05, 0.1) is 10.6 Å². The van der Waals surface area contributed by atoms with Crippen molar-refractivity contribution in [3.8, 4) is 16.9 Å². The molecule has 0 spiro atoms. The topological polar surface area (TPSA) is 37.3 Å². The zero-order valence-corrected chi connectivity index (χ0v) is 11.0. The van der Waals surface area contributed by atoms with Crippen molar-refractivity contribution in [3.05, 3.63) is 51.5 Å². The first-order valence-electron chi connectivity index (χ1n) is 4.86. The summed E-state index contributed by atoms with van der Waals surface area (Å²) >= 11 is 9.50. The summed E-state index contributed by atoms with van der Waals surface area (Å²) in [5.41, 5.74) is 1.83. The van der Waals surface area contributed by atoms with Gasteiger partial charge in [0.25, 0.3) is 0 Å². The second-order valence-electron chi connectivity index (χ2n) is 3.49. The van der Waals surface area contributed by atoms with Crippen molar-refractivity contribution in [3.63, 3.8) is 0 Å². The number of phenolic OH excluding ortho intramolecular Hbond substituents is 1. The van der Waals surface area contributed by atoms with Gasteiger partial charge in [-0.3, -0.25) is 4.79 Å². The molecule has 17 heavy (non-hydrogen) atoms. The minimum atomic E-state index is -0.0476. The van der Waals surface area contributed by atoms with Crippen LogP contribution in [-0.2, 0) is 0 Å². The summed E-state index contributed by atoms with van der Waals surface area (Å²) < 4.78 is 0.788. The molecule has 0 saturated heterocycles. The van der Waals surface area contributed by atoms with Crippen LogP contribution in [0.25, 0.3) is 11.1 Å². The fourth-order valence-corrected chi connectivity index (χ4v) is 2.14. The van der Waals surface area contributed by atoms with Gasteiger partial charge in [0.15, 0.2) is 6.29 Å².